The van der Waals surface area contributed by atoms with Crippen LogP contribution in [0.3, 0.4) is 0 Å². The molecule has 0 saturated carbocycles. The fourth-order valence-corrected chi connectivity index (χ4v) is 10.1. The van der Waals surface area contributed by atoms with Crippen molar-refractivity contribution in [2.24, 2.45) is 0 Å². The van der Waals surface area contributed by atoms with E-state index in [4.69, 9.17) is 9.72 Å². The number of hydrogen-bond donors (Lipinski definition) is 0. The van der Waals surface area contributed by atoms with Crippen molar-refractivity contribution in [3.05, 3.63) is 196 Å². The van der Waals surface area contributed by atoms with Gasteiger partial charge in [-0.3, -0.25) is 4.57 Å². The van der Waals surface area contributed by atoms with Gasteiger partial charge in [0.1, 0.15) is 17.3 Å². The molecule has 0 aliphatic carbocycles. The number of benzene rings is 6. The molecule has 0 amide bonds. The third kappa shape index (κ3) is 9.28. The van der Waals surface area contributed by atoms with Crippen LogP contribution >= 0.6 is 0 Å². The predicted octanol–water partition coefficient (Wildman–Crippen LogP) is 17.7. The van der Waals surface area contributed by atoms with Crippen molar-refractivity contribution in [2.75, 3.05) is 16.5 Å². The Kier molecular flexibility index (Phi) is 12.4. The first-order valence-corrected chi connectivity index (χ1v) is 25.4. The number of hydrogen-bond acceptors (Lipinski definition) is 4. The lowest BCUT2D eigenvalue weighted by Gasteiger charge is -2.31. The van der Waals surface area contributed by atoms with E-state index in [1.807, 2.05) is 6.20 Å². The van der Waals surface area contributed by atoms with Crippen LogP contribution in [0.4, 0.5) is 11.4 Å². The first-order chi connectivity index (χ1) is 33.0. The SMILES string of the molecule is CC(C)c1cccc(C(C)C)c1C1=CN(c2cc(C(C)(C)C)cc(C(C)(C)c3ccccc3)c2)CN1c1cccc(Oc2ccc3c4cc(C(C)(C)C)ccc4n(-c4cc(C(C)(C)C)ccn4)c3c2)c1. The minimum absolute atomic E-state index is 0.00835. The molecule has 1 aliphatic rings. The summed E-state index contributed by atoms with van der Waals surface area (Å²) in [6.45, 7) is 35.2. The summed E-state index contributed by atoms with van der Waals surface area (Å²) in [5, 5.41) is 2.38. The molecule has 0 bridgehead atoms. The Morgan fingerprint density at radius 3 is 1.77 bits per heavy atom. The van der Waals surface area contributed by atoms with E-state index in [9.17, 15) is 0 Å². The van der Waals surface area contributed by atoms with Crippen molar-refractivity contribution >= 4 is 38.9 Å². The Bertz CT molecular complexity index is 3230. The normalized spacial score (nSPS) is 13.9. The van der Waals surface area contributed by atoms with E-state index in [1.165, 1.54) is 66.7 Å². The van der Waals surface area contributed by atoms with Crippen LogP contribution in [-0.4, -0.2) is 16.2 Å². The maximum absolute atomic E-state index is 6.96. The number of pyridine rings is 1. The van der Waals surface area contributed by atoms with Gasteiger partial charge in [0, 0.05) is 57.7 Å². The van der Waals surface area contributed by atoms with Crippen LogP contribution < -0.4 is 14.5 Å². The Labute approximate surface area is 418 Å². The minimum Gasteiger partial charge on any atom is -0.457 e. The summed E-state index contributed by atoms with van der Waals surface area (Å²) >= 11 is 0. The van der Waals surface area contributed by atoms with E-state index in [1.54, 1.807) is 0 Å². The zero-order chi connectivity index (χ0) is 50.1. The lowest BCUT2D eigenvalue weighted by Crippen LogP contribution is -2.28. The number of anilines is 2. The molecule has 3 heterocycles. The Balaban J connectivity index is 1.16. The van der Waals surface area contributed by atoms with E-state index in [2.05, 4.69) is 264 Å². The third-order valence-electron chi connectivity index (χ3n) is 14.6. The van der Waals surface area contributed by atoms with Gasteiger partial charge in [0.2, 0.25) is 0 Å². The lowest BCUT2D eigenvalue weighted by atomic mass is 9.75. The van der Waals surface area contributed by atoms with Gasteiger partial charge in [-0.1, -0.05) is 171 Å². The molecule has 0 fully saturated rings. The topological polar surface area (TPSA) is 33.5 Å². The van der Waals surface area contributed by atoms with Gasteiger partial charge in [-0.2, -0.15) is 0 Å². The van der Waals surface area contributed by atoms with Gasteiger partial charge in [0.25, 0.3) is 0 Å². The molecule has 0 spiro atoms. The molecule has 0 N–H and O–H groups in total. The van der Waals surface area contributed by atoms with Gasteiger partial charge in [-0.15, -0.1) is 0 Å². The fourth-order valence-electron chi connectivity index (χ4n) is 10.1. The molecule has 360 valence electrons. The molecule has 8 aromatic rings. The summed E-state index contributed by atoms with van der Waals surface area (Å²) in [5.74, 6) is 3.12. The molecular weight excluding hydrogens is 853 g/mol. The Morgan fingerprint density at radius 1 is 0.486 bits per heavy atom. The van der Waals surface area contributed by atoms with Crippen molar-refractivity contribution in [2.45, 2.75) is 137 Å². The molecule has 9 rings (SSSR count). The molecule has 1 aliphatic heterocycles. The van der Waals surface area contributed by atoms with Crippen LogP contribution in [0.5, 0.6) is 11.5 Å². The lowest BCUT2D eigenvalue weighted by molar-refractivity contribution is 0.483. The van der Waals surface area contributed by atoms with Crippen molar-refractivity contribution < 1.29 is 4.74 Å². The average Bonchev–Trinajstić information content (AvgIpc) is 3.90. The average molecular weight is 927 g/mol. The first kappa shape index (κ1) is 48.4. The van der Waals surface area contributed by atoms with Gasteiger partial charge in [-0.05, 0) is 128 Å². The van der Waals surface area contributed by atoms with Crippen molar-refractivity contribution in [1.29, 1.82) is 0 Å². The minimum atomic E-state index is -0.205. The number of aromatic nitrogens is 2. The molecule has 0 atom stereocenters. The van der Waals surface area contributed by atoms with Crippen LogP contribution in [0, 0.1) is 0 Å². The second kappa shape index (κ2) is 18.0. The van der Waals surface area contributed by atoms with Gasteiger partial charge < -0.3 is 14.5 Å². The van der Waals surface area contributed by atoms with Gasteiger partial charge in [0.15, 0.2) is 0 Å². The standard InChI is InChI=1S/C65H74N4O/c1-42(2)53-25-20-26-54(43(3)4)61(53)59-40-67(50-34-47(64(11,12)13)33-48(35-50)65(14,15)44-21-17-16-18-22-44)41-68(59)49-23-19-24-51(38-49)70-52-28-29-55-56-36-45(62(5,6)7)27-30-57(56)69(58(55)39-52)60-37-46(31-32-66-60)63(8,9)10/h16-40,42-43H,41H2,1-15H3. The highest BCUT2D eigenvalue weighted by Crippen LogP contribution is 2.45. The van der Waals surface area contributed by atoms with E-state index in [0.717, 1.165) is 34.0 Å². The first-order valence-electron chi connectivity index (χ1n) is 25.4. The zero-order valence-corrected chi connectivity index (χ0v) is 44.5. The van der Waals surface area contributed by atoms with Gasteiger partial charge >= 0.3 is 0 Å². The van der Waals surface area contributed by atoms with E-state index in [0.29, 0.717) is 18.5 Å². The van der Waals surface area contributed by atoms with Crippen LogP contribution in [0.1, 0.15) is 160 Å². The Hall–Kier alpha value is -6.59. The fraction of sp³-hybridized carbons (Fsp3) is 0.338. The summed E-state index contributed by atoms with van der Waals surface area (Å²) in [5.41, 5.74) is 15.9. The van der Waals surface area contributed by atoms with Crippen LogP contribution in [0.2, 0.25) is 0 Å². The number of fused-ring (bicyclic) bond motifs is 3. The highest BCUT2D eigenvalue weighted by molar-refractivity contribution is 6.10. The second-order valence-corrected chi connectivity index (χ2v) is 23.9. The molecule has 0 unspecified atom stereocenters. The second-order valence-electron chi connectivity index (χ2n) is 23.9. The van der Waals surface area contributed by atoms with E-state index >= 15 is 0 Å². The summed E-state index contributed by atoms with van der Waals surface area (Å²) in [4.78, 5) is 9.94. The third-order valence-corrected chi connectivity index (χ3v) is 14.6. The van der Waals surface area contributed by atoms with Crippen molar-refractivity contribution in [3.63, 3.8) is 0 Å². The van der Waals surface area contributed by atoms with Crippen molar-refractivity contribution in [1.82, 2.24) is 9.55 Å². The number of rotatable bonds is 10. The molecule has 0 saturated heterocycles. The van der Waals surface area contributed by atoms with Crippen LogP contribution in [0.25, 0.3) is 33.3 Å². The number of nitrogens with zero attached hydrogens (tertiary/aromatic N) is 4. The van der Waals surface area contributed by atoms with Crippen molar-refractivity contribution in [3.8, 4) is 17.3 Å². The number of ether oxygens (including phenoxy) is 1. The maximum Gasteiger partial charge on any atom is 0.137 e. The molecule has 6 aromatic carbocycles. The molecular formula is C65H74N4O. The predicted molar refractivity (Wildman–Crippen MR) is 299 cm³/mol. The van der Waals surface area contributed by atoms with E-state index < -0.39 is 0 Å². The zero-order valence-electron chi connectivity index (χ0n) is 44.5. The smallest absolute Gasteiger partial charge is 0.137 e. The largest absolute Gasteiger partial charge is 0.457 e. The summed E-state index contributed by atoms with van der Waals surface area (Å²) < 4.78 is 9.27. The van der Waals surface area contributed by atoms with Crippen LogP contribution in [0.15, 0.2) is 152 Å². The van der Waals surface area contributed by atoms with Gasteiger partial charge in [0.05, 0.1) is 23.4 Å². The Morgan fingerprint density at radius 2 is 1.11 bits per heavy atom. The molecule has 70 heavy (non-hydrogen) atoms. The molecule has 0 radical (unpaired) electrons. The molecule has 5 nitrogen and oxygen atoms in total. The van der Waals surface area contributed by atoms with Gasteiger partial charge in [-0.25, -0.2) is 4.98 Å². The summed E-state index contributed by atoms with van der Waals surface area (Å²) in [6, 6.07) is 51.5. The van der Waals surface area contributed by atoms with Crippen LogP contribution in [-0.2, 0) is 21.7 Å². The van der Waals surface area contributed by atoms with E-state index in [-0.39, 0.29) is 21.7 Å². The summed E-state index contributed by atoms with van der Waals surface area (Å²) in [6.07, 6.45) is 4.35. The maximum atomic E-state index is 6.96. The summed E-state index contributed by atoms with van der Waals surface area (Å²) in [7, 11) is 0. The quantitative estimate of drug-likeness (QED) is 0.137. The highest BCUT2D eigenvalue weighted by atomic mass is 16.5. The molecule has 5 heteroatoms. The molecule has 2 aromatic heterocycles. The monoisotopic (exact) mass is 927 g/mol. The highest BCUT2D eigenvalue weighted by Gasteiger charge is 2.32.